The molecule has 96 valence electrons. The van der Waals surface area contributed by atoms with Gasteiger partial charge in [0.05, 0.1) is 0 Å². The van der Waals surface area contributed by atoms with Crippen LogP contribution in [-0.4, -0.2) is 9.55 Å². The molecule has 0 spiro atoms. The molecule has 0 fully saturated rings. The van der Waals surface area contributed by atoms with Gasteiger partial charge in [-0.3, -0.25) is 0 Å². The molecule has 0 aliphatic carbocycles. The minimum absolute atomic E-state index is 0.0308. The van der Waals surface area contributed by atoms with Crippen molar-refractivity contribution >= 4 is 27.5 Å². The van der Waals surface area contributed by atoms with Crippen LogP contribution in [-0.2, 0) is 13.5 Å². The van der Waals surface area contributed by atoms with Gasteiger partial charge in [-0.1, -0.05) is 27.5 Å². The van der Waals surface area contributed by atoms with Gasteiger partial charge in [0, 0.05) is 41.4 Å². The number of aromatic nitrogens is 2. The number of nitrogens with two attached hydrogens (primary N) is 1. The Hall–Kier alpha value is -0.840. The van der Waals surface area contributed by atoms with Crippen LogP contribution < -0.4 is 5.73 Å². The van der Waals surface area contributed by atoms with Crippen LogP contribution in [0.15, 0.2) is 35.1 Å². The van der Waals surface area contributed by atoms with Crippen molar-refractivity contribution in [2.45, 2.75) is 18.9 Å². The number of rotatable bonds is 4. The fraction of sp³-hybridized carbons (Fsp3) is 0.308. The van der Waals surface area contributed by atoms with E-state index in [1.165, 1.54) is 0 Å². The predicted molar refractivity (Wildman–Crippen MR) is 77.6 cm³/mol. The predicted octanol–water partition coefficient (Wildman–Crippen LogP) is 3.47. The van der Waals surface area contributed by atoms with Crippen molar-refractivity contribution in [3.63, 3.8) is 0 Å². The molecule has 2 rings (SSSR count). The number of nitrogens with zero attached hydrogens (tertiary/aromatic N) is 2. The minimum Gasteiger partial charge on any atom is -0.338 e. The lowest BCUT2D eigenvalue weighted by molar-refractivity contribution is 0.620. The summed E-state index contributed by atoms with van der Waals surface area (Å²) >= 11 is 9.44. The quantitative estimate of drug-likeness (QED) is 0.934. The Bertz CT molecular complexity index is 519. The highest BCUT2D eigenvalue weighted by Crippen LogP contribution is 2.24. The van der Waals surface area contributed by atoms with Gasteiger partial charge in [-0.2, -0.15) is 0 Å². The molecule has 0 aliphatic rings. The van der Waals surface area contributed by atoms with Crippen molar-refractivity contribution < 1.29 is 0 Å². The Balaban J connectivity index is 2.03. The molecule has 0 saturated heterocycles. The van der Waals surface area contributed by atoms with Crippen LogP contribution in [0.4, 0.5) is 0 Å². The first-order chi connectivity index (χ1) is 8.56. The first-order valence-electron chi connectivity index (χ1n) is 5.74. The van der Waals surface area contributed by atoms with Crippen LogP contribution >= 0.6 is 27.5 Å². The van der Waals surface area contributed by atoms with Gasteiger partial charge in [0.1, 0.15) is 5.82 Å². The summed E-state index contributed by atoms with van der Waals surface area (Å²) in [5.41, 5.74) is 7.23. The summed E-state index contributed by atoms with van der Waals surface area (Å²) in [6.07, 6.45) is 5.44. The molecule has 18 heavy (non-hydrogen) atoms. The molecule has 5 heteroatoms. The van der Waals surface area contributed by atoms with Crippen LogP contribution in [0.25, 0.3) is 0 Å². The highest BCUT2D eigenvalue weighted by atomic mass is 79.9. The molecule has 1 aromatic heterocycles. The maximum absolute atomic E-state index is 6.18. The number of hydrogen-bond donors (Lipinski definition) is 1. The van der Waals surface area contributed by atoms with Crippen LogP contribution in [0.2, 0.25) is 5.02 Å². The summed E-state index contributed by atoms with van der Waals surface area (Å²) in [7, 11) is 1.99. The molecule has 2 N–H and O–H groups in total. The normalized spacial score (nSPS) is 12.7. The van der Waals surface area contributed by atoms with Gasteiger partial charge >= 0.3 is 0 Å². The van der Waals surface area contributed by atoms with Crippen LogP contribution in [0.1, 0.15) is 23.9 Å². The molecule has 0 saturated carbocycles. The van der Waals surface area contributed by atoms with Crippen LogP contribution in [0.5, 0.6) is 0 Å². The zero-order chi connectivity index (χ0) is 13.1. The van der Waals surface area contributed by atoms with E-state index in [1.807, 2.05) is 36.0 Å². The minimum atomic E-state index is -0.0308. The van der Waals surface area contributed by atoms with Crippen molar-refractivity contribution in [2.75, 3.05) is 0 Å². The van der Waals surface area contributed by atoms with E-state index in [0.717, 1.165) is 28.7 Å². The fourth-order valence-corrected chi connectivity index (χ4v) is 2.76. The highest BCUT2D eigenvalue weighted by Gasteiger charge is 2.09. The molecule has 0 radical (unpaired) electrons. The molecule has 0 amide bonds. The lowest BCUT2D eigenvalue weighted by Gasteiger charge is -2.13. The summed E-state index contributed by atoms with van der Waals surface area (Å²) in [5.74, 6) is 1.05. The van der Waals surface area contributed by atoms with Crippen LogP contribution in [0.3, 0.4) is 0 Å². The largest absolute Gasteiger partial charge is 0.338 e. The van der Waals surface area contributed by atoms with Crippen molar-refractivity contribution in [3.05, 3.63) is 51.5 Å². The van der Waals surface area contributed by atoms with Gasteiger partial charge in [-0.25, -0.2) is 4.98 Å². The SMILES string of the molecule is Cn1ccnc1CCC(N)c1cc(Cl)cc(Br)c1. The van der Waals surface area contributed by atoms with Gasteiger partial charge in [0.2, 0.25) is 0 Å². The zero-order valence-corrected chi connectivity index (χ0v) is 12.4. The van der Waals surface area contributed by atoms with E-state index >= 15 is 0 Å². The van der Waals surface area contributed by atoms with Gasteiger partial charge in [0.25, 0.3) is 0 Å². The molecule has 0 bridgehead atoms. The fourth-order valence-electron chi connectivity index (χ4n) is 1.88. The Labute approximate surface area is 120 Å². The molecule has 1 aromatic carbocycles. The first kappa shape index (κ1) is 13.6. The molecule has 3 nitrogen and oxygen atoms in total. The molecular formula is C13H15BrClN3. The van der Waals surface area contributed by atoms with E-state index in [4.69, 9.17) is 17.3 Å². The maximum atomic E-state index is 6.18. The number of benzene rings is 1. The average molecular weight is 329 g/mol. The first-order valence-corrected chi connectivity index (χ1v) is 6.91. The third-order valence-corrected chi connectivity index (χ3v) is 3.59. The summed E-state index contributed by atoms with van der Waals surface area (Å²) < 4.78 is 2.97. The second-order valence-electron chi connectivity index (χ2n) is 4.30. The zero-order valence-electron chi connectivity index (χ0n) is 10.1. The van der Waals surface area contributed by atoms with E-state index in [9.17, 15) is 0 Å². The molecule has 1 heterocycles. The molecule has 1 unspecified atom stereocenters. The summed E-state index contributed by atoms with van der Waals surface area (Å²) in [4.78, 5) is 4.29. The molecule has 0 aliphatic heterocycles. The number of halogens is 2. The number of aryl methyl sites for hydroxylation is 2. The third kappa shape index (κ3) is 3.34. The highest BCUT2D eigenvalue weighted by molar-refractivity contribution is 9.10. The summed E-state index contributed by atoms with van der Waals surface area (Å²) in [6, 6.07) is 5.75. The lowest BCUT2D eigenvalue weighted by Crippen LogP contribution is -2.12. The standard InChI is InChI=1S/C13H15BrClN3/c1-18-5-4-17-13(18)3-2-12(16)9-6-10(14)8-11(15)7-9/h4-8,12H,2-3,16H2,1H3. The van der Waals surface area contributed by atoms with Crippen molar-refractivity contribution in [1.82, 2.24) is 9.55 Å². The van der Waals surface area contributed by atoms with E-state index in [-0.39, 0.29) is 6.04 Å². The third-order valence-electron chi connectivity index (χ3n) is 2.91. The van der Waals surface area contributed by atoms with Crippen molar-refractivity contribution in [1.29, 1.82) is 0 Å². The molecule has 1 atom stereocenters. The van der Waals surface area contributed by atoms with Crippen molar-refractivity contribution in [3.8, 4) is 0 Å². The van der Waals surface area contributed by atoms with Gasteiger partial charge in [0.15, 0.2) is 0 Å². The van der Waals surface area contributed by atoms with Crippen molar-refractivity contribution in [2.24, 2.45) is 12.8 Å². The van der Waals surface area contributed by atoms with Crippen LogP contribution in [0, 0.1) is 0 Å². The summed E-state index contributed by atoms with van der Waals surface area (Å²) in [5, 5.41) is 0.701. The smallest absolute Gasteiger partial charge is 0.108 e. The van der Waals surface area contributed by atoms with E-state index in [2.05, 4.69) is 20.9 Å². The Morgan fingerprint density at radius 3 is 2.83 bits per heavy atom. The molecule has 2 aromatic rings. The molecular weight excluding hydrogens is 314 g/mol. The number of hydrogen-bond acceptors (Lipinski definition) is 2. The lowest BCUT2D eigenvalue weighted by atomic mass is 10.0. The van der Waals surface area contributed by atoms with Gasteiger partial charge < -0.3 is 10.3 Å². The summed E-state index contributed by atoms with van der Waals surface area (Å²) in [6.45, 7) is 0. The Kier molecular flexibility index (Phi) is 4.43. The van der Waals surface area contributed by atoms with E-state index < -0.39 is 0 Å². The monoisotopic (exact) mass is 327 g/mol. The van der Waals surface area contributed by atoms with E-state index in [1.54, 1.807) is 6.20 Å². The van der Waals surface area contributed by atoms with Gasteiger partial charge in [-0.05, 0) is 30.2 Å². The van der Waals surface area contributed by atoms with Gasteiger partial charge in [-0.15, -0.1) is 0 Å². The number of imidazole rings is 1. The second-order valence-corrected chi connectivity index (χ2v) is 5.65. The Morgan fingerprint density at radius 2 is 2.22 bits per heavy atom. The second kappa shape index (κ2) is 5.87. The maximum Gasteiger partial charge on any atom is 0.108 e. The Morgan fingerprint density at radius 1 is 1.44 bits per heavy atom. The average Bonchev–Trinajstić information content (AvgIpc) is 2.70. The topological polar surface area (TPSA) is 43.8 Å². The van der Waals surface area contributed by atoms with E-state index in [0.29, 0.717) is 5.02 Å².